The zero-order valence-electron chi connectivity index (χ0n) is 10.6. The van der Waals surface area contributed by atoms with Crippen LogP contribution in [0.1, 0.15) is 13.3 Å². The van der Waals surface area contributed by atoms with Crippen molar-refractivity contribution in [2.75, 3.05) is 11.9 Å². The second kappa shape index (κ2) is 4.72. The van der Waals surface area contributed by atoms with Crippen LogP contribution in [-0.2, 0) is 9.53 Å². The summed E-state index contributed by atoms with van der Waals surface area (Å²) in [6.07, 6.45) is 2.44. The lowest BCUT2D eigenvalue weighted by atomic mass is 10.1. The first-order valence-corrected chi connectivity index (χ1v) is 6.23. The lowest BCUT2D eigenvalue weighted by molar-refractivity contribution is -0.135. The molecule has 1 saturated heterocycles. The SMILES string of the molecule is C/C(Nc1cnc2ccccc2c1)=C1\CCOC1=O. The van der Waals surface area contributed by atoms with Crippen molar-refractivity contribution in [3.63, 3.8) is 0 Å². The predicted molar refractivity (Wildman–Crippen MR) is 73.6 cm³/mol. The monoisotopic (exact) mass is 254 g/mol. The highest BCUT2D eigenvalue weighted by molar-refractivity contribution is 5.91. The van der Waals surface area contributed by atoms with Gasteiger partial charge in [0.05, 0.1) is 29.6 Å². The van der Waals surface area contributed by atoms with E-state index in [9.17, 15) is 4.79 Å². The summed E-state index contributed by atoms with van der Waals surface area (Å²) < 4.78 is 4.94. The minimum atomic E-state index is -0.223. The van der Waals surface area contributed by atoms with Gasteiger partial charge in [-0.25, -0.2) is 4.79 Å². The molecule has 0 aliphatic carbocycles. The predicted octanol–water partition coefficient (Wildman–Crippen LogP) is 2.87. The molecule has 3 rings (SSSR count). The normalized spacial score (nSPS) is 17.4. The third-order valence-corrected chi connectivity index (χ3v) is 3.21. The zero-order valence-corrected chi connectivity index (χ0v) is 10.6. The molecule has 0 radical (unpaired) electrons. The van der Waals surface area contributed by atoms with E-state index >= 15 is 0 Å². The van der Waals surface area contributed by atoms with Crippen LogP contribution in [0.2, 0.25) is 0 Å². The molecule has 96 valence electrons. The molecule has 0 saturated carbocycles. The number of anilines is 1. The lowest BCUT2D eigenvalue weighted by Gasteiger charge is -2.08. The number of nitrogens with zero attached hydrogens (tertiary/aromatic N) is 1. The Labute approximate surface area is 111 Å². The number of pyridine rings is 1. The van der Waals surface area contributed by atoms with Crippen molar-refractivity contribution in [1.29, 1.82) is 0 Å². The van der Waals surface area contributed by atoms with Gasteiger partial charge in [-0.05, 0) is 19.1 Å². The van der Waals surface area contributed by atoms with Gasteiger partial charge in [-0.2, -0.15) is 0 Å². The van der Waals surface area contributed by atoms with Crippen LogP contribution in [0.5, 0.6) is 0 Å². The van der Waals surface area contributed by atoms with Crippen LogP contribution in [-0.4, -0.2) is 17.6 Å². The molecule has 0 unspecified atom stereocenters. The first-order chi connectivity index (χ1) is 9.24. The number of carbonyl (C=O) groups is 1. The minimum absolute atomic E-state index is 0.223. The molecule has 1 N–H and O–H groups in total. The van der Waals surface area contributed by atoms with Gasteiger partial charge in [-0.1, -0.05) is 18.2 Å². The van der Waals surface area contributed by atoms with Crippen LogP contribution < -0.4 is 5.32 Å². The number of hydrogen-bond acceptors (Lipinski definition) is 4. The molecule has 4 heteroatoms. The van der Waals surface area contributed by atoms with Gasteiger partial charge in [0.2, 0.25) is 0 Å². The summed E-state index contributed by atoms with van der Waals surface area (Å²) in [5, 5.41) is 4.29. The smallest absolute Gasteiger partial charge is 0.335 e. The maximum atomic E-state index is 11.5. The number of carbonyl (C=O) groups excluding carboxylic acids is 1. The maximum Gasteiger partial charge on any atom is 0.335 e. The van der Waals surface area contributed by atoms with Crippen molar-refractivity contribution in [1.82, 2.24) is 4.98 Å². The van der Waals surface area contributed by atoms with Crippen LogP contribution in [0.4, 0.5) is 5.69 Å². The van der Waals surface area contributed by atoms with Gasteiger partial charge in [-0.3, -0.25) is 4.98 Å². The van der Waals surface area contributed by atoms with Crippen molar-refractivity contribution < 1.29 is 9.53 Å². The molecule has 0 amide bonds. The second-order valence-corrected chi connectivity index (χ2v) is 4.53. The Kier molecular flexibility index (Phi) is 2.91. The number of para-hydroxylation sites is 1. The topological polar surface area (TPSA) is 51.2 Å². The third kappa shape index (κ3) is 2.29. The first kappa shape index (κ1) is 11.7. The highest BCUT2D eigenvalue weighted by Gasteiger charge is 2.21. The summed E-state index contributed by atoms with van der Waals surface area (Å²) in [6.45, 7) is 2.36. The molecule has 1 aromatic carbocycles. The van der Waals surface area contributed by atoms with E-state index in [-0.39, 0.29) is 5.97 Å². The summed E-state index contributed by atoms with van der Waals surface area (Å²) in [7, 11) is 0. The Morgan fingerprint density at radius 3 is 3.00 bits per heavy atom. The van der Waals surface area contributed by atoms with E-state index in [0.717, 1.165) is 22.3 Å². The molecule has 0 atom stereocenters. The molecule has 0 bridgehead atoms. The van der Waals surface area contributed by atoms with Gasteiger partial charge in [0.15, 0.2) is 0 Å². The highest BCUT2D eigenvalue weighted by Crippen LogP contribution is 2.21. The van der Waals surface area contributed by atoms with E-state index in [1.165, 1.54) is 0 Å². The Morgan fingerprint density at radius 1 is 1.37 bits per heavy atom. The van der Waals surface area contributed by atoms with Crippen molar-refractivity contribution in [3.8, 4) is 0 Å². The average Bonchev–Trinajstić information content (AvgIpc) is 2.85. The standard InChI is InChI=1S/C15H14N2O2/c1-10(13-6-7-19-15(13)18)17-12-8-11-4-2-3-5-14(11)16-9-12/h2-5,8-9,17H,6-7H2,1H3/b13-10-. The van der Waals surface area contributed by atoms with Crippen LogP contribution >= 0.6 is 0 Å². The minimum Gasteiger partial charge on any atom is -0.462 e. The van der Waals surface area contributed by atoms with Crippen LogP contribution in [0, 0.1) is 0 Å². The number of allylic oxidation sites excluding steroid dienone is 1. The van der Waals surface area contributed by atoms with Crippen LogP contribution in [0.25, 0.3) is 10.9 Å². The average molecular weight is 254 g/mol. The van der Waals surface area contributed by atoms with E-state index in [0.29, 0.717) is 18.6 Å². The Hall–Kier alpha value is -2.36. The van der Waals surface area contributed by atoms with E-state index < -0.39 is 0 Å². The number of rotatable bonds is 2. The van der Waals surface area contributed by atoms with Gasteiger partial charge in [-0.15, -0.1) is 0 Å². The second-order valence-electron chi connectivity index (χ2n) is 4.53. The van der Waals surface area contributed by atoms with Gasteiger partial charge in [0, 0.05) is 17.5 Å². The van der Waals surface area contributed by atoms with Gasteiger partial charge < -0.3 is 10.1 Å². The van der Waals surface area contributed by atoms with E-state index in [4.69, 9.17) is 4.74 Å². The molecule has 4 nitrogen and oxygen atoms in total. The zero-order chi connectivity index (χ0) is 13.2. The van der Waals surface area contributed by atoms with Gasteiger partial charge in [0.25, 0.3) is 0 Å². The Balaban J connectivity index is 1.91. The van der Waals surface area contributed by atoms with Crippen molar-refractivity contribution in [2.45, 2.75) is 13.3 Å². The molecule has 0 spiro atoms. The largest absolute Gasteiger partial charge is 0.462 e. The highest BCUT2D eigenvalue weighted by atomic mass is 16.5. The molecule has 1 aromatic heterocycles. The fourth-order valence-corrected chi connectivity index (χ4v) is 2.21. The molecule has 1 fully saturated rings. The van der Waals surface area contributed by atoms with E-state index in [1.54, 1.807) is 6.20 Å². The number of cyclic esters (lactones) is 1. The quantitative estimate of drug-likeness (QED) is 0.661. The fraction of sp³-hybridized carbons (Fsp3) is 0.200. The molecular weight excluding hydrogens is 240 g/mol. The lowest BCUT2D eigenvalue weighted by Crippen LogP contribution is -2.05. The first-order valence-electron chi connectivity index (χ1n) is 6.23. The van der Waals surface area contributed by atoms with E-state index in [1.807, 2.05) is 37.3 Å². The van der Waals surface area contributed by atoms with Gasteiger partial charge >= 0.3 is 5.97 Å². The number of fused-ring (bicyclic) bond motifs is 1. The number of aromatic nitrogens is 1. The summed E-state index contributed by atoms with van der Waals surface area (Å²) in [5.74, 6) is -0.223. The van der Waals surface area contributed by atoms with Crippen molar-refractivity contribution in [2.24, 2.45) is 0 Å². The van der Waals surface area contributed by atoms with Crippen molar-refractivity contribution >= 4 is 22.6 Å². The van der Waals surface area contributed by atoms with Crippen molar-refractivity contribution in [3.05, 3.63) is 47.8 Å². The van der Waals surface area contributed by atoms with Crippen LogP contribution in [0.3, 0.4) is 0 Å². The van der Waals surface area contributed by atoms with Crippen LogP contribution in [0.15, 0.2) is 47.8 Å². The molecule has 1 aliphatic rings. The number of esters is 1. The summed E-state index contributed by atoms with van der Waals surface area (Å²) in [6, 6.07) is 9.95. The number of hydrogen-bond donors (Lipinski definition) is 1. The summed E-state index contributed by atoms with van der Waals surface area (Å²) in [4.78, 5) is 15.9. The molecule has 1 aliphatic heterocycles. The molecular formula is C15H14N2O2. The van der Waals surface area contributed by atoms with E-state index in [2.05, 4.69) is 10.3 Å². The fourth-order valence-electron chi connectivity index (χ4n) is 2.21. The molecule has 2 heterocycles. The summed E-state index contributed by atoms with van der Waals surface area (Å²) >= 11 is 0. The third-order valence-electron chi connectivity index (χ3n) is 3.21. The number of nitrogens with one attached hydrogen (secondary N) is 1. The number of ether oxygens (including phenoxy) is 1. The van der Waals surface area contributed by atoms with Gasteiger partial charge in [0.1, 0.15) is 0 Å². The Morgan fingerprint density at radius 2 is 2.21 bits per heavy atom. The molecule has 19 heavy (non-hydrogen) atoms. The maximum absolute atomic E-state index is 11.5. The number of benzene rings is 1. The Bertz CT molecular complexity index is 677. The molecule has 2 aromatic rings. The summed E-state index contributed by atoms with van der Waals surface area (Å²) in [5.41, 5.74) is 3.38.